The molecule has 0 saturated heterocycles. The summed E-state index contributed by atoms with van der Waals surface area (Å²) in [6.07, 6.45) is 12.2. The van der Waals surface area contributed by atoms with Gasteiger partial charge in [0.1, 0.15) is 0 Å². The second-order valence-corrected chi connectivity index (χ2v) is 6.34. The Hall–Kier alpha value is -0.610. The van der Waals surface area contributed by atoms with Crippen LogP contribution in [0.5, 0.6) is 0 Å². The molecule has 1 atom stereocenters. The van der Waals surface area contributed by atoms with E-state index >= 15 is 0 Å². The van der Waals surface area contributed by atoms with Crippen molar-refractivity contribution in [3.05, 3.63) is 0 Å². The molecular weight excluding hydrogens is 274 g/mol. The quantitative estimate of drug-likeness (QED) is 0.455. The molecule has 0 fully saturated rings. The van der Waals surface area contributed by atoms with E-state index in [1.165, 1.54) is 38.5 Å². The molecule has 0 aromatic carbocycles. The molecule has 22 heavy (non-hydrogen) atoms. The van der Waals surface area contributed by atoms with E-state index < -0.39 is 0 Å². The molecule has 0 bridgehead atoms. The Morgan fingerprint density at radius 3 is 1.86 bits per heavy atom. The number of amides is 1. The van der Waals surface area contributed by atoms with Gasteiger partial charge in [0.2, 0.25) is 5.91 Å². The Bertz CT molecular complexity index is 247. The Morgan fingerprint density at radius 2 is 1.41 bits per heavy atom. The molecule has 132 valence electrons. The lowest BCUT2D eigenvalue weighted by molar-refractivity contribution is -0.133. The lowest BCUT2D eigenvalue weighted by Crippen LogP contribution is -2.44. The van der Waals surface area contributed by atoms with Crippen LogP contribution in [-0.2, 0) is 4.79 Å². The lowest BCUT2D eigenvalue weighted by Gasteiger charge is -2.26. The maximum absolute atomic E-state index is 12.5. The first-order valence-corrected chi connectivity index (χ1v) is 9.41. The van der Waals surface area contributed by atoms with Crippen LogP contribution >= 0.6 is 0 Å². The van der Waals surface area contributed by atoms with Crippen LogP contribution in [0.25, 0.3) is 0 Å². The van der Waals surface area contributed by atoms with E-state index in [1.54, 1.807) is 0 Å². The van der Waals surface area contributed by atoms with Crippen molar-refractivity contribution >= 4 is 5.91 Å². The number of rotatable bonds is 15. The summed E-state index contributed by atoms with van der Waals surface area (Å²) in [6, 6.07) is -0.344. The second kappa shape index (κ2) is 15.3. The average Bonchev–Trinajstić information content (AvgIpc) is 2.53. The summed E-state index contributed by atoms with van der Waals surface area (Å²) in [7, 11) is 0. The molecule has 0 spiro atoms. The van der Waals surface area contributed by atoms with Crippen LogP contribution in [0.2, 0.25) is 0 Å². The Morgan fingerprint density at radius 1 is 0.864 bits per heavy atom. The van der Waals surface area contributed by atoms with Gasteiger partial charge in [0.05, 0.1) is 6.04 Å². The van der Waals surface area contributed by atoms with Crippen molar-refractivity contribution in [1.82, 2.24) is 4.90 Å². The highest BCUT2D eigenvalue weighted by Crippen LogP contribution is 2.09. The first-order chi connectivity index (χ1) is 10.7. The predicted octanol–water partition coefficient (Wildman–Crippen LogP) is 3.43. The summed E-state index contributed by atoms with van der Waals surface area (Å²) in [5.41, 5.74) is 11.6. The fourth-order valence-corrected chi connectivity index (χ4v) is 2.66. The molecule has 0 heterocycles. The number of unbranched alkanes of at least 4 members (excludes halogenated alkanes) is 7. The van der Waals surface area contributed by atoms with Crippen LogP contribution in [0.4, 0.5) is 0 Å². The molecule has 0 aliphatic rings. The van der Waals surface area contributed by atoms with Gasteiger partial charge < -0.3 is 16.4 Å². The van der Waals surface area contributed by atoms with E-state index in [0.717, 1.165) is 45.2 Å². The molecule has 0 aromatic heterocycles. The van der Waals surface area contributed by atoms with Gasteiger partial charge in [0, 0.05) is 13.1 Å². The topological polar surface area (TPSA) is 72.3 Å². The minimum atomic E-state index is -0.344. The van der Waals surface area contributed by atoms with E-state index in [2.05, 4.69) is 13.8 Å². The van der Waals surface area contributed by atoms with E-state index in [1.807, 2.05) is 4.90 Å². The average molecular weight is 314 g/mol. The van der Waals surface area contributed by atoms with Gasteiger partial charge in [-0.1, -0.05) is 58.8 Å². The molecule has 1 amide bonds. The molecule has 0 aromatic rings. The standard InChI is InChI=1S/C18H39N3O/c1-3-5-7-11-15-21(16-12-8-6-4-2)18(22)17(20)13-9-10-14-19/h17H,3-16,19-20H2,1-2H3/t17-/m0/s1. The van der Waals surface area contributed by atoms with Crippen LogP contribution < -0.4 is 11.5 Å². The number of carbonyl (C=O) groups excluding carboxylic acids is 1. The minimum Gasteiger partial charge on any atom is -0.341 e. The first-order valence-electron chi connectivity index (χ1n) is 9.41. The summed E-state index contributed by atoms with van der Waals surface area (Å²) in [6.45, 7) is 6.84. The first kappa shape index (κ1) is 21.4. The van der Waals surface area contributed by atoms with Crippen molar-refractivity contribution in [2.45, 2.75) is 90.5 Å². The van der Waals surface area contributed by atoms with E-state index in [0.29, 0.717) is 6.54 Å². The maximum Gasteiger partial charge on any atom is 0.239 e. The molecule has 0 unspecified atom stereocenters. The number of nitrogens with zero attached hydrogens (tertiary/aromatic N) is 1. The van der Waals surface area contributed by atoms with Crippen LogP contribution in [0.15, 0.2) is 0 Å². The highest BCUT2D eigenvalue weighted by Gasteiger charge is 2.19. The summed E-state index contributed by atoms with van der Waals surface area (Å²) in [5.74, 6) is 0.144. The molecule has 0 radical (unpaired) electrons. The van der Waals surface area contributed by atoms with Crippen molar-refractivity contribution in [3.63, 3.8) is 0 Å². The van der Waals surface area contributed by atoms with Crippen LogP contribution in [0.1, 0.15) is 84.5 Å². The van der Waals surface area contributed by atoms with Crippen molar-refractivity contribution in [2.24, 2.45) is 11.5 Å². The van der Waals surface area contributed by atoms with Gasteiger partial charge in [0.25, 0.3) is 0 Å². The third-order valence-corrected chi connectivity index (χ3v) is 4.16. The molecule has 4 heteroatoms. The number of carbonyl (C=O) groups is 1. The summed E-state index contributed by atoms with van der Waals surface area (Å²) >= 11 is 0. The zero-order valence-corrected chi connectivity index (χ0v) is 15.0. The third kappa shape index (κ3) is 11.0. The van der Waals surface area contributed by atoms with Gasteiger partial charge in [0.15, 0.2) is 0 Å². The largest absolute Gasteiger partial charge is 0.341 e. The third-order valence-electron chi connectivity index (χ3n) is 4.16. The van der Waals surface area contributed by atoms with Crippen LogP contribution in [0.3, 0.4) is 0 Å². The smallest absolute Gasteiger partial charge is 0.239 e. The van der Waals surface area contributed by atoms with Crippen LogP contribution in [0, 0.1) is 0 Å². The molecule has 0 rings (SSSR count). The predicted molar refractivity (Wildman–Crippen MR) is 95.7 cm³/mol. The number of hydrogen-bond acceptors (Lipinski definition) is 3. The summed E-state index contributed by atoms with van der Waals surface area (Å²) < 4.78 is 0. The van der Waals surface area contributed by atoms with Gasteiger partial charge in [-0.25, -0.2) is 0 Å². The number of nitrogens with two attached hydrogens (primary N) is 2. The van der Waals surface area contributed by atoms with Gasteiger partial charge >= 0.3 is 0 Å². The Kier molecular flexibility index (Phi) is 14.9. The molecule has 4 nitrogen and oxygen atoms in total. The Labute approximate surface area is 138 Å². The monoisotopic (exact) mass is 313 g/mol. The molecule has 0 saturated carbocycles. The highest BCUT2D eigenvalue weighted by atomic mass is 16.2. The van der Waals surface area contributed by atoms with Gasteiger partial charge in [-0.15, -0.1) is 0 Å². The molecule has 0 aliphatic heterocycles. The van der Waals surface area contributed by atoms with E-state index in [4.69, 9.17) is 11.5 Å². The molecular formula is C18H39N3O. The Balaban J connectivity index is 4.23. The van der Waals surface area contributed by atoms with Gasteiger partial charge in [-0.05, 0) is 32.2 Å². The maximum atomic E-state index is 12.5. The number of hydrogen-bond donors (Lipinski definition) is 2. The van der Waals surface area contributed by atoms with E-state index in [9.17, 15) is 4.79 Å². The SMILES string of the molecule is CCCCCCN(CCCCCC)C(=O)[C@@H](N)CCCCN. The van der Waals surface area contributed by atoms with Crippen molar-refractivity contribution in [1.29, 1.82) is 0 Å². The van der Waals surface area contributed by atoms with Gasteiger partial charge in [-0.2, -0.15) is 0 Å². The van der Waals surface area contributed by atoms with Crippen molar-refractivity contribution in [3.8, 4) is 0 Å². The lowest BCUT2D eigenvalue weighted by atomic mass is 10.1. The van der Waals surface area contributed by atoms with Gasteiger partial charge in [-0.3, -0.25) is 4.79 Å². The molecule has 0 aliphatic carbocycles. The zero-order chi connectivity index (χ0) is 16.6. The second-order valence-electron chi connectivity index (χ2n) is 6.34. The fourth-order valence-electron chi connectivity index (χ4n) is 2.66. The van der Waals surface area contributed by atoms with Crippen molar-refractivity contribution in [2.75, 3.05) is 19.6 Å². The molecule has 4 N–H and O–H groups in total. The summed E-state index contributed by atoms with van der Waals surface area (Å²) in [5, 5.41) is 0. The minimum absolute atomic E-state index is 0.144. The van der Waals surface area contributed by atoms with Crippen molar-refractivity contribution < 1.29 is 4.79 Å². The normalized spacial score (nSPS) is 12.4. The highest BCUT2D eigenvalue weighted by molar-refractivity contribution is 5.81. The van der Waals surface area contributed by atoms with E-state index in [-0.39, 0.29) is 11.9 Å². The van der Waals surface area contributed by atoms with Crippen LogP contribution in [-0.4, -0.2) is 36.5 Å². The summed E-state index contributed by atoms with van der Waals surface area (Å²) in [4.78, 5) is 14.5. The fraction of sp³-hybridized carbons (Fsp3) is 0.944. The zero-order valence-electron chi connectivity index (χ0n) is 15.0.